The fourth-order valence-corrected chi connectivity index (χ4v) is 1.67. The summed E-state index contributed by atoms with van der Waals surface area (Å²) in [4.78, 5) is 7.26. The highest BCUT2D eigenvalue weighted by molar-refractivity contribution is 5.79. The molecule has 1 aromatic rings. The van der Waals surface area contributed by atoms with Crippen molar-refractivity contribution in [3.63, 3.8) is 0 Å². The second kappa shape index (κ2) is 9.33. The van der Waals surface area contributed by atoms with E-state index >= 15 is 0 Å². The standard InChI is InChI=1S/C14H18F6N4O/c1-2-21-12(23-7-5-13(15,16)17)24-8-9-25-11-10(14(18,19)20)4-3-6-22-11/h3-4,6H,2,5,7-9H2,1H3,(H2,21,23,24). The summed E-state index contributed by atoms with van der Waals surface area (Å²) < 4.78 is 79.6. The number of ether oxygens (including phenoxy) is 1. The van der Waals surface area contributed by atoms with E-state index in [0.717, 1.165) is 12.1 Å². The molecule has 0 fully saturated rings. The molecule has 0 saturated carbocycles. The van der Waals surface area contributed by atoms with Crippen LogP contribution in [0.2, 0.25) is 0 Å². The molecule has 0 aromatic carbocycles. The Bertz CT molecular complexity index is 559. The van der Waals surface area contributed by atoms with Crippen LogP contribution in [0.15, 0.2) is 23.3 Å². The lowest BCUT2D eigenvalue weighted by Crippen LogP contribution is -2.39. The lowest BCUT2D eigenvalue weighted by atomic mass is 10.2. The van der Waals surface area contributed by atoms with Gasteiger partial charge in [-0.15, -0.1) is 0 Å². The summed E-state index contributed by atoms with van der Waals surface area (Å²) in [6.07, 6.45) is -8.80. The second-order valence-electron chi connectivity index (χ2n) is 4.75. The fraction of sp³-hybridized carbons (Fsp3) is 0.571. The zero-order chi connectivity index (χ0) is 18.9. The monoisotopic (exact) mass is 372 g/mol. The van der Waals surface area contributed by atoms with Gasteiger partial charge in [0, 0.05) is 12.7 Å². The van der Waals surface area contributed by atoms with Gasteiger partial charge in [0.25, 0.3) is 0 Å². The highest BCUT2D eigenvalue weighted by atomic mass is 19.4. The van der Waals surface area contributed by atoms with Crippen LogP contribution >= 0.6 is 0 Å². The molecular weight excluding hydrogens is 354 g/mol. The molecule has 1 aromatic heterocycles. The van der Waals surface area contributed by atoms with E-state index < -0.39 is 36.8 Å². The van der Waals surface area contributed by atoms with E-state index in [1.54, 1.807) is 6.92 Å². The average molecular weight is 372 g/mol. The molecule has 0 bridgehead atoms. The van der Waals surface area contributed by atoms with E-state index in [1.807, 2.05) is 0 Å². The third kappa shape index (κ3) is 8.45. The predicted molar refractivity (Wildman–Crippen MR) is 79.4 cm³/mol. The van der Waals surface area contributed by atoms with E-state index in [0.29, 0.717) is 6.54 Å². The largest absolute Gasteiger partial charge is 0.475 e. The number of guanidine groups is 1. The molecule has 2 N–H and O–H groups in total. The average Bonchev–Trinajstić information content (AvgIpc) is 2.49. The van der Waals surface area contributed by atoms with E-state index in [1.165, 1.54) is 6.20 Å². The van der Waals surface area contributed by atoms with Gasteiger partial charge in [0.2, 0.25) is 5.88 Å². The van der Waals surface area contributed by atoms with Gasteiger partial charge in [-0.05, 0) is 19.1 Å². The van der Waals surface area contributed by atoms with Gasteiger partial charge >= 0.3 is 12.4 Å². The van der Waals surface area contributed by atoms with Crippen molar-refractivity contribution in [2.24, 2.45) is 4.99 Å². The zero-order valence-electron chi connectivity index (χ0n) is 13.3. The first kappa shape index (κ1) is 20.8. The summed E-state index contributed by atoms with van der Waals surface area (Å²) in [7, 11) is 0. The number of hydrogen-bond donors (Lipinski definition) is 2. The second-order valence-corrected chi connectivity index (χ2v) is 4.75. The van der Waals surface area contributed by atoms with Gasteiger partial charge in [-0.1, -0.05) is 0 Å². The molecule has 142 valence electrons. The maximum absolute atomic E-state index is 12.8. The van der Waals surface area contributed by atoms with Crippen molar-refractivity contribution in [3.8, 4) is 5.88 Å². The summed E-state index contributed by atoms with van der Waals surface area (Å²) in [6.45, 7) is 1.53. The Hall–Kier alpha value is -2.20. The van der Waals surface area contributed by atoms with E-state index in [-0.39, 0.29) is 19.1 Å². The van der Waals surface area contributed by atoms with Crippen LogP contribution < -0.4 is 15.4 Å². The summed E-state index contributed by atoms with van der Waals surface area (Å²) in [6, 6.07) is 1.99. The van der Waals surface area contributed by atoms with Gasteiger partial charge in [0.05, 0.1) is 19.5 Å². The SMILES string of the molecule is CCNC(=NCCC(F)(F)F)NCCOc1ncccc1C(F)(F)F. The molecule has 0 atom stereocenters. The minimum Gasteiger partial charge on any atom is -0.475 e. The highest BCUT2D eigenvalue weighted by Gasteiger charge is 2.35. The third-order valence-corrected chi connectivity index (χ3v) is 2.72. The van der Waals surface area contributed by atoms with Crippen LogP contribution in [-0.2, 0) is 6.18 Å². The van der Waals surface area contributed by atoms with Crippen LogP contribution in [0.25, 0.3) is 0 Å². The minimum absolute atomic E-state index is 0.0335. The minimum atomic E-state index is -4.59. The molecule has 0 spiro atoms. The summed E-state index contributed by atoms with van der Waals surface area (Å²) >= 11 is 0. The maximum Gasteiger partial charge on any atom is 0.421 e. The van der Waals surface area contributed by atoms with Crippen LogP contribution in [0.3, 0.4) is 0 Å². The van der Waals surface area contributed by atoms with Crippen LogP contribution in [0, 0.1) is 0 Å². The molecule has 0 saturated heterocycles. The molecule has 0 aliphatic heterocycles. The van der Waals surface area contributed by atoms with Gasteiger partial charge in [0.15, 0.2) is 5.96 Å². The molecule has 5 nitrogen and oxygen atoms in total. The van der Waals surface area contributed by atoms with Gasteiger partial charge in [0.1, 0.15) is 12.2 Å². The number of alkyl halides is 6. The third-order valence-electron chi connectivity index (χ3n) is 2.72. The van der Waals surface area contributed by atoms with Gasteiger partial charge in [-0.2, -0.15) is 26.3 Å². The Labute approximate surface area is 140 Å². The molecule has 11 heteroatoms. The van der Waals surface area contributed by atoms with Crippen molar-refractivity contribution in [2.75, 3.05) is 26.2 Å². The number of aliphatic imine (C=N–C) groups is 1. The number of rotatable bonds is 7. The Morgan fingerprint density at radius 1 is 1.20 bits per heavy atom. The lowest BCUT2D eigenvalue weighted by Gasteiger charge is -2.14. The topological polar surface area (TPSA) is 58.5 Å². The highest BCUT2D eigenvalue weighted by Crippen LogP contribution is 2.34. The Morgan fingerprint density at radius 3 is 2.52 bits per heavy atom. The smallest absolute Gasteiger partial charge is 0.421 e. The van der Waals surface area contributed by atoms with Gasteiger partial charge < -0.3 is 15.4 Å². The molecule has 25 heavy (non-hydrogen) atoms. The predicted octanol–water partition coefficient (Wildman–Crippen LogP) is 2.99. The number of nitrogens with zero attached hydrogens (tertiary/aromatic N) is 2. The van der Waals surface area contributed by atoms with Crippen molar-refractivity contribution >= 4 is 5.96 Å². The zero-order valence-corrected chi connectivity index (χ0v) is 13.3. The van der Waals surface area contributed by atoms with Crippen LogP contribution in [0.5, 0.6) is 5.88 Å². The summed E-state index contributed by atoms with van der Waals surface area (Å²) in [5.74, 6) is -0.441. The summed E-state index contributed by atoms with van der Waals surface area (Å²) in [5, 5.41) is 5.40. The normalized spacial score (nSPS) is 12.8. The lowest BCUT2D eigenvalue weighted by molar-refractivity contribution is -0.139. The van der Waals surface area contributed by atoms with Crippen LogP contribution in [0.4, 0.5) is 26.3 Å². The Balaban J connectivity index is 2.51. The number of halogens is 6. The van der Waals surface area contributed by atoms with Crippen molar-refractivity contribution in [1.82, 2.24) is 15.6 Å². The van der Waals surface area contributed by atoms with Crippen molar-refractivity contribution in [1.29, 1.82) is 0 Å². The molecular formula is C14H18F6N4O. The van der Waals surface area contributed by atoms with Crippen LogP contribution in [0.1, 0.15) is 18.9 Å². The Morgan fingerprint density at radius 2 is 1.92 bits per heavy atom. The number of hydrogen-bond acceptors (Lipinski definition) is 3. The van der Waals surface area contributed by atoms with E-state index in [2.05, 4.69) is 20.6 Å². The maximum atomic E-state index is 12.8. The molecule has 0 unspecified atom stereocenters. The van der Waals surface area contributed by atoms with Gasteiger partial charge in [-0.3, -0.25) is 4.99 Å². The molecule has 0 aliphatic carbocycles. The first-order valence-corrected chi connectivity index (χ1v) is 7.37. The molecule has 0 amide bonds. The number of aromatic nitrogens is 1. The van der Waals surface area contributed by atoms with Crippen LogP contribution in [-0.4, -0.2) is 43.4 Å². The first-order valence-electron chi connectivity index (χ1n) is 7.37. The van der Waals surface area contributed by atoms with E-state index in [4.69, 9.17) is 4.74 Å². The van der Waals surface area contributed by atoms with Gasteiger partial charge in [-0.25, -0.2) is 4.98 Å². The van der Waals surface area contributed by atoms with Crippen molar-refractivity contribution in [3.05, 3.63) is 23.9 Å². The molecule has 0 radical (unpaired) electrons. The molecule has 1 rings (SSSR count). The van der Waals surface area contributed by atoms with E-state index in [9.17, 15) is 26.3 Å². The quantitative estimate of drug-likeness (QED) is 0.334. The fourth-order valence-electron chi connectivity index (χ4n) is 1.67. The number of pyridine rings is 1. The molecule has 1 heterocycles. The first-order chi connectivity index (χ1) is 11.6. The van der Waals surface area contributed by atoms with Crippen molar-refractivity contribution in [2.45, 2.75) is 25.7 Å². The Kier molecular flexibility index (Phi) is 7.78. The number of nitrogens with one attached hydrogen (secondary N) is 2. The van der Waals surface area contributed by atoms with Crippen molar-refractivity contribution < 1.29 is 31.1 Å². The molecule has 0 aliphatic rings. The summed E-state index contributed by atoms with van der Waals surface area (Å²) in [5.41, 5.74) is -0.999.